The Balaban J connectivity index is 0.983. The van der Waals surface area contributed by atoms with Gasteiger partial charge in [0.05, 0.1) is 63.5 Å². The summed E-state index contributed by atoms with van der Waals surface area (Å²) in [7, 11) is -1.75. The summed E-state index contributed by atoms with van der Waals surface area (Å²) in [6.45, 7) is 9.57. The van der Waals surface area contributed by atoms with Crippen molar-refractivity contribution in [3.05, 3.63) is 251 Å². The zero-order valence-electron chi connectivity index (χ0n) is 51.7. The highest BCUT2D eigenvalue weighted by atomic mass is 28.3. The predicted molar refractivity (Wildman–Crippen MR) is 338 cm³/mol. The molecular formula is C73H81NO16Si. The molecule has 18 heteroatoms. The van der Waals surface area contributed by atoms with Crippen LogP contribution in [0.3, 0.4) is 0 Å². The Kier molecular flexibility index (Phi) is 21.5. The maximum Gasteiger partial charge on any atom is 0.262 e. The molecule has 16 atom stereocenters. The minimum absolute atomic E-state index is 0.0182. The summed E-state index contributed by atoms with van der Waals surface area (Å²) in [5.74, 6) is -1.12. The van der Waals surface area contributed by atoms with Crippen molar-refractivity contribution < 1.29 is 76.3 Å². The molecule has 5 aliphatic heterocycles. The van der Waals surface area contributed by atoms with Crippen molar-refractivity contribution in [2.45, 2.75) is 164 Å². The average molecular weight is 1260 g/mol. The van der Waals surface area contributed by atoms with Crippen LogP contribution < -0.4 is 0 Å². The molecule has 0 aliphatic carbocycles. The summed E-state index contributed by atoms with van der Waals surface area (Å²) in [6.07, 6.45) is -16.8. The van der Waals surface area contributed by atoms with Gasteiger partial charge in [0, 0.05) is 20.2 Å². The zero-order chi connectivity index (χ0) is 62.7. The largest absolute Gasteiger partial charge is 0.385 e. The van der Waals surface area contributed by atoms with Gasteiger partial charge in [-0.05, 0) is 52.9 Å². The van der Waals surface area contributed by atoms with Gasteiger partial charge < -0.3 is 66.7 Å². The molecule has 5 heterocycles. The second kappa shape index (κ2) is 30.4. The van der Waals surface area contributed by atoms with Crippen LogP contribution in [0.4, 0.5) is 0 Å². The summed E-state index contributed by atoms with van der Waals surface area (Å²) in [4.78, 5) is 31.6. The van der Waals surface area contributed by atoms with Crippen molar-refractivity contribution in [2.75, 3.05) is 19.8 Å². The third-order valence-electron chi connectivity index (χ3n) is 17.1. The number of hydrogen-bond acceptors (Lipinski definition) is 16. The van der Waals surface area contributed by atoms with Crippen molar-refractivity contribution in [1.82, 2.24) is 4.90 Å². The van der Waals surface area contributed by atoms with Crippen molar-refractivity contribution in [1.29, 1.82) is 0 Å². The molecule has 4 fully saturated rings. The van der Waals surface area contributed by atoms with Crippen LogP contribution in [0.5, 0.6) is 0 Å². The lowest BCUT2D eigenvalue weighted by Gasteiger charge is -2.53. The third-order valence-corrected chi connectivity index (χ3v) is 18.8. The van der Waals surface area contributed by atoms with E-state index >= 15 is 9.59 Å². The molecule has 0 bridgehead atoms. The van der Waals surface area contributed by atoms with Crippen molar-refractivity contribution in [2.24, 2.45) is 0 Å². The van der Waals surface area contributed by atoms with Gasteiger partial charge in [-0.25, -0.2) is 0 Å². The van der Waals surface area contributed by atoms with Crippen LogP contribution in [0, 0.1) is 0 Å². The topological polar surface area (TPSA) is 178 Å². The highest BCUT2D eigenvalue weighted by Crippen LogP contribution is 2.43. The van der Waals surface area contributed by atoms with E-state index in [9.17, 15) is 5.11 Å². The van der Waals surface area contributed by atoms with Crippen molar-refractivity contribution >= 4 is 19.9 Å². The Morgan fingerprint density at radius 3 is 1.46 bits per heavy atom. The van der Waals surface area contributed by atoms with Gasteiger partial charge in [0.1, 0.15) is 67.1 Å². The van der Waals surface area contributed by atoms with Gasteiger partial charge in [-0.3, -0.25) is 14.5 Å². The number of rotatable bonds is 26. The molecule has 478 valence electrons. The predicted octanol–water partition coefficient (Wildman–Crippen LogP) is 11.0. The first-order chi connectivity index (χ1) is 44.4. The number of fused-ring (bicyclic) bond motifs is 2. The van der Waals surface area contributed by atoms with E-state index in [0.717, 1.165) is 39.4 Å². The average Bonchev–Trinajstić information content (AvgIpc) is 1.72. The van der Waals surface area contributed by atoms with Crippen LogP contribution >= 0.6 is 0 Å². The smallest absolute Gasteiger partial charge is 0.262 e. The molecule has 0 radical (unpaired) electrons. The first-order valence-electron chi connectivity index (χ1n) is 31.5. The maximum absolute atomic E-state index is 15.2. The van der Waals surface area contributed by atoms with Gasteiger partial charge in [0.2, 0.25) is 0 Å². The fraction of sp³-hybridized carbons (Fsp3) is 0.397. The van der Waals surface area contributed by atoms with Crippen LogP contribution in [0.15, 0.2) is 206 Å². The third kappa shape index (κ3) is 15.9. The van der Waals surface area contributed by atoms with E-state index < -0.39 is 118 Å². The minimum atomic E-state index is -1.75. The van der Waals surface area contributed by atoms with E-state index in [0.29, 0.717) is 0 Å². The van der Waals surface area contributed by atoms with Gasteiger partial charge in [0.15, 0.2) is 25.2 Å². The quantitative estimate of drug-likeness (QED) is 0.0400. The Hall–Kier alpha value is -6.66. The highest BCUT2D eigenvalue weighted by Gasteiger charge is 2.61. The Bertz CT molecular complexity index is 3360. The van der Waals surface area contributed by atoms with Crippen molar-refractivity contribution in [3.8, 4) is 0 Å². The molecule has 1 N–H and O–H groups in total. The number of carbonyl (C=O) groups excluding carboxylic acids is 2. The first kappa shape index (κ1) is 64.4. The summed E-state index contributed by atoms with van der Waals surface area (Å²) >= 11 is 0. The molecule has 0 aromatic heterocycles. The molecule has 17 nitrogen and oxygen atoms in total. The van der Waals surface area contributed by atoms with E-state index in [1.807, 2.05) is 189 Å². The number of aliphatic hydroxyl groups excluding tert-OH is 1. The summed E-state index contributed by atoms with van der Waals surface area (Å²) < 4.78 is 91.1. The lowest BCUT2D eigenvalue weighted by atomic mass is 9.93. The zero-order valence-corrected chi connectivity index (χ0v) is 52.7. The molecule has 5 aliphatic rings. The van der Waals surface area contributed by atoms with Crippen molar-refractivity contribution in [3.63, 3.8) is 0 Å². The molecule has 2 amide bonds. The monoisotopic (exact) mass is 1260 g/mol. The number of ether oxygens (including phenoxy) is 13. The number of amides is 2. The Morgan fingerprint density at radius 2 is 0.934 bits per heavy atom. The number of nitrogens with zero attached hydrogens (tertiary/aromatic N) is 1. The van der Waals surface area contributed by atoms with E-state index in [2.05, 4.69) is 19.6 Å². The molecule has 91 heavy (non-hydrogen) atoms. The lowest BCUT2D eigenvalue weighted by molar-refractivity contribution is -0.403. The van der Waals surface area contributed by atoms with Gasteiger partial charge in [-0.2, -0.15) is 0 Å². The van der Waals surface area contributed by atoms with Crippen LogP contribution in [-0.4, -0.2) is 142 Å². The molecule has 7 aromatic carbocycles. The first-order valence-corrected chi connectivity index (χ1v) is 35.2. The SMILES string of the molecule is C[C@@H]1O[C@@H](O[C@H]2[C@H](O[C@H]3[C@@H]4OC(c5ccccc5)OC[C@H]4O[C@@H](OCC[Si](C)(C)C)[C@@H]3N3C(=O)c4ccccc4C3=O)O[C@H](COCc3ccccc3)[C@H](OCc3ccccc3)[C@@H]2OCc2ccccc2)[C@@H](O)[C@H](OCc2ccccc2)[C@@H]1OCc1ccccc1. The number of aliphatic hydroxyl groups is 1. The van der Waals surface area contributed by atoms with E-state index in [-0.39, 0.29) is 64.0 Å². The molecule has 0 saturated carbocycles. The number of benzene rings is 7. The number of imide groups is 1. The Labute approximate surface area is 533 Å². The maximum atomic E-state index is 15.2. The van der Waals surface area contributed by atoms with Gasteiger partial charge in [-0.15, -0.1) is 0 Å². The molecule has 4 saturated heterocycles. The summed E-state index contributed by atoms with van der Waals surface area (Å²) in [5, 5.41) is 13.0. The summed E-state index contributed by atoms with van der Waals surface area (Å²) in [5.41, 5.74) is 5.62. The molecule has 0 spiro atoms. The number of carbonyl (C=O) groups is 2. The van der Waals surface area contributed by atoms with Gasteiger partial charge >= 0.3 is 0 Å². The minimum Gasteiger partial charge on any atom is -0.385 e. The highest BCUT2D eigenvalue weighted by molar-refractivity contribution is 6.76. The van der Waals surface area contributed by atoms with E-state index in [4.69, 9.17) is 61.6 Å². The molecule has 1 unspecified atom stereocenters. The van der Waals surface area contributed by atoms with Gasteiger partial charge in [0.25, 0.3) is 11.8 Å². The fourth-order valence-corrected chi connectivity index (χ4v) is 13.0. The van der Waals surface area contributed by atoms with Crippen LogP contribution in [0.2, 0.25) is 25.7 Å². The molecule has 7 aromatic rings. The normalized spacial score (nSPS) is 29.2. The van der Waals surface area contributed by atoms with E-state index in [1.165, 1.54) is 4.90 Å². The molecular weight excluding hydrogens is 1170 g/mol. The second-order valence-corrected chi connectivity index (χ2v) is 30.5. The Morgan fingerprint density at radius 1 is 0.473 bits per heavy atom. The number of hydrogen-bond donors (Lipinski definition) is 1. The molecule has 12 rings (SSSR count). The summed E-state index contributed by atoms with van der Waals surface area (Å²) in [6, 6.07) is 64.5. The van der Waals surface area contributed by atoms with Gasteiger partial charge in [-0.1, -0.05) is 214 Å². The second-order valence-electron chi connectivity index (χ2n) is 24.9. The van der Waals surface area contributed by atoms with E-state index in [1.54, 1.807) is 24.3 Å². The van der Waals surface area contributed by atoms with Crippen LogP contribution in [0.25, 0.3) is 0 Å². The fourth-order valence-electron chi connectivity index (χ4n) is 12.3. The lowest BCUT2D eigenvalue weighted by Crippen LogP contribution is -2.71. The van der Waals surface area contributed by atoms with Crippen LogP contribution in [-0.2, 0) is 94.6 Å². The van der Waals surface area contributed by atoms with Crippen LogP contribution in [0.1, 0.15) is 67.3 Å². The standard InChI is InChI=1S/C73H81NO16Si/c1-48-61(80-42-50-27-13-6-14-28-50)65(82-44-52-31-17-8-18-32-52)60(75)72(85-48)90-67-66(83-45-53-33-19-9-20-34-53)62(81-43-51-29-15-7-16-30-51)57(46-78-41-49-25-11-5-12-26-49)87-73(67)89-64-59(74-68(76)55-37-23-24-38-56(55)69(74)77)71(79-39-40-91(2,3)4)86-58-47-84-70(88-63(58)64)54-35-21-10-22-36-54/h5-38,48,57-67,70-73,75H,39-47H2,1-4H3/t48-,57+,58+,59+,60-,61+,62-,63+,64+,65-,66-,67+,70?,71+,72-,73-/m0/s1.